The van der Waals surface area contributed by atoms with Crippen molar-refractivity contribution >= 4 is 17.6 Å². The van der Waals surface area contributed by atoms with Crippen LogP contribution in [0.4, 0.5) is 5.69 Å². The van der Waals surface area contributed by atoms with Crippen LogP contribution in [-0.4, -0.2) is 18.5 Å². The molecule has 4 nitrogen and oxygen atoms in total. The molecule has 0 aromatic heterocycles. The fraction of sp³-hybridized carbons (Fsp3) is 0.176. The Kier molecular flexibility index (Phi) is 5.10. The molecule has 4 heteroatoms. The number of carbonyl (C=O) groups is 2. The molecule has 1 amide bonds. The average molecular weight is 283 g/mol. The molecule has 0 saturated carbocycles. The fourth-order valence-corrected chi connectivity index (χ4v) is 1.94. The predicted molar refractivity (Wildman–Crippen MR) is 81.2 cm³/mol. The second-order valence-corrected chi connectivity index (χ2v) is 4.60. The summed E-state index contributed by atoms with van der Waals surface area (Å²) < 4.78 is 5.26. The first kappa shape index (κ1) is 14.8. The first-order valence-electron chi connectivity index (χ1n) is 6.74. The SMILES string of the molecule is CC(=O)Nc1ccccc1C(=O)OCCc1ccccc1. The highest BCUT2D eigenvalue weighted by atomic mass is 16.5. The average Bonchev–Trinajstić information content (AvgIpc) is 2.48. The van der Waals surface area contributed by atoms with Gasteiger partial charge in [0, 0.05) is 13.3 Å². The number of hydrogen-bond donors (Lipinski definition) is 1. The van der Waals surface area contributed by atoms with Crippen LogP contribution in [0.1, 0.15) is 22.8 Å². The third-order valence-corrected chi connectivity index (χ3v) is 2.92. The summed E-state index contributed by atoms with van der Waals surface area (Å²) in [7, 11) is 0. The van der Waals surface area contributed by atoms with Gasteiger partial charge in [0.1, 0.15) is 0 Å². The molecule has 2 rings (SSSR count). The molecule has 0 aliphatic heterocycles. The lowest BCUT2D eigenvalue weighted by Crippen LogP contribution is -2.13. The van der Waals surface area contributed by atoms with Gasteiger partial charge in [0.2, 0.25) is 5.91 Å². The highest BCUT2D eigenvalue weighted by Gasteiger charge is 2.12. The minimum Gasteiger partial charge on any atom is -0.462 e. The summed E-state index contributed by atoms with van der Waals surface area (Å²) >= 11 is 0. The molecule has 0 fully saturated rings. The minimum atomic E-state index is -0.435. The molecule has 0 spiro atoms. The van der Waals surface area contributed by atoms with Crippen LogP contribution in [0.25, 0.3) is 0 Å². The molecular formula is C17H17NO3. The van der Waals surface area contributed by atoms with Crippen molar-refractivity contribution in [3.8, 4) is 0 Å². The molecular weight excluding hydrogens is 266 g/mol. The predicted octanol–water partition coefficient (Wildman–Crippen LogP) is 3.04. The van der Waals surface area contributed by atoms with Crippen LogP contribution in [-0.2, 0) is 16.0 Å². The van der Waals surface area contributed by atoms with E-state index in [-0.39, 0.29) is 5.91 Å². The number of esters is 1. The molecule has 0 radical (unpaired) electrons. The lowest BCUT2D eigenvalue weighted by molar-refractivity contribution is -0.114. The van der Waals surface area contributed by atoms with Crippen molar-refractivity contribution in [2.75, 3.05) is 11.9 Å². The molecule has 0 aliphatic carbocycles. The highest BCUT2D eigenvalue weighted by molar-refractivity contribution is 6.00. The van der Waals surface area contributed by atoms with Crippen LogP contribution in [0.5, 0.6) is 0 Å². The van der Waals surface area contributed by atoms with Gasteiger partial charge in [-0.15, -0.1) is 0 Å². The van der Waals surface area contributed by atoms with E-state index in [1.54, 1.807) is 24.3 Å². The number of benzene rings is 2. The van der Waals surface area contributed by atoms with Gasteiger partial charge in [-0.1, -0.05) is 42.5 Å². The molecule has 21 heavy (non-hydrogen) atoms. The quantitative estimate of drug-likeness (QED) is 0.858. The fourth-order valence-electron chi connectivity index (χ4n) is 1.94. The van der Waals surface area contributed by atoms with Gasteiger partial charge in [0.15, 0.2) is 0 Å². The van der Waals surface area contributed by atoms with Crippen LogP contribution in [0.2, 0.25) is 0 Å². The van der Waals surface area contributed by atoms with E-state index in [0.717, 1.165) is 5.56 Å². The van der Waals surface area contributed by atoms with Gasteiger partial charge in [0.25, 0.3) is 0 Å². The van der Waals surface area contributed by atoms with Gasteiger partial charge in [-0.2, -0.15) is 0 Å². The third kappa shape index (κ3) is 4.45. The number of hydrogen-bond acceptors (Lipinski definition) is 3. The Morgan fingerprint density at radius 3 is 2.38 bits per heavy atom. The molecule has 0 heterocycles. The number of amides is 1. The van der Waals surface area contributed by atoms with E-state index in [2.05, 4.69) is 5.32 Å². The largest absolute Gasteiger partial charge is 0.462 e. The molecule has 0 aliphatic rings. The van der Waals surface area contributed by atoms with Crippen LogP contribution >= 0.6 is 0 Å². The van der Waals surface area contributed by atoms with E-state index < -0.39 is 5.97 Å². The zero-order valence-electron chi connectivity index (χ0n) is 11.8. The van der Waals surface area contributed by atoms with Crippen molar-refractivity contribution in [3.63, 3.8) is 0 Å². The Labute approximate surface area is 123 Å². The second kappa shape index (κ2) is 7.24. The maximum absolute atomic E-state index is 12.1. The third-order valence-electron chi connectivity index (χ3n) is 2.92. The zero-order valence-corrected chi connectivity index (χ0v) is 11.8. The summed E-state index contributed by atoms with van der Waals surface area (Å²) in [5, 5.41) is 2.62. The van der Waals surface area contributed by atoms with Gasteiger partial charge in [0.05, 0.1) is 17.9 Å². The maximum Gasteiger partial charge on any atom is 0.340 e. The summed E-state index contributed by atoms with van der Waals surface area (Å²) in [6.45, 7) is 1.70. The van der Waals surface area contributed by atoms with E-state index in [1.807, 2.05) is 30.3 Å². The number of nitrogens with one attached hydrogen (secondary N) is 1. The number of carbonyl (C=O) groups excluding carboxylic acids is 2. The number of anilines is 1. The Morgan fingerprint density at radius 1 is 1.00 bits per heavy atom. The summed E-state index contributed by atoms with van der Waals surface area (Å²) in [6, 6.07) is 16.6. The summed E-state index contributed by atoms with van der Waals surface area (Å²) in [4.78, 5) is 23.2. The van der Waals surface area contributed by atoms with Crippen LogP contribution in [0.3, 0.4) is 0 Å². The summed E-state index contributed by atoms with van der Waals surface area (Å²) in [5.74, 6) is -0.658. The highest BCUT2D eigenvalue weighted by Crippen LogP contribution is 2.16. The van der Waals surface area contributed by atoms with E-state index >= 15 is 0 Å². The van der Waals surface area contributed by atoms with Gasteiger partial charge in [-0.05, 0) is 17.7 Å². The molecule has 108 valence electrons. The van der Waals surface area contributed by atoms with Gasteiger partial charge in [-0.25, -0.2) is 4.79 Å². The summed E-state index contributed by atoms with van der Waals surface area (Å²) in [5.41, 5.74) is 1.94. The van der Waals surface area contributed by atoms with Crippen LogP contribution in [0.15, 0.2) is 54.6 Å². The second-order valence-electron chi connectivity index (χ2n) is 4.60. The monoisotopic (exact) mass is 283 g/mol. The van der Waals surface area contributed by atoms with Crippen molar-refractivity contribution in [2.24, 2.45) is 0 Å². The van der Waals surface area contributed by atoms with Gasteiger partial charge >= 0.3 is 5.97 Å². The first-order valence-corrected chi connectivity index (χ1v) is 6.74. The minimum absolute atomic E-state index is 0.223. The first-order chi connectivity index (χ1) is 10.2. The van der Waals surface area contributed by atoms with Crippen molar-refractivity contribution in [2.45, 2.75) is 13.3 Å². The van der Waals surface area contributed by atoms with E-state index in [4.69, 9.17) is 4.74 Å². The summed E-state index contributed by atoms with van der Waals surface area (Å²) in [6.07, 6.45) is 0.662. The lowest BCUT2D eigenvalue weighted by Gasteiger charge is -2.09. The normalized spacial score (nSPS) is 9.95. The Balaban J connectivity index is 1.96. The zero-order chi connectivity index (χ0) is 15.1. The van der Waals surface area contributed by atoms with Crippen molar-refractivity contribution < 1.29 is 14.3 Å². The number of ether oxygens (including phenoxy) is 1. The van der Waals surface area contributed by atoms with E-state index in [1.165, 1.54) is 6.92 Å². The number of para-hydroxylation sites is 1. The molecule has 0 saturated heterocycles. The Morgan fingerprint density at radius 2 is 1.67 bits per heavy atom. The smallest absolute Gasteiger partial charge is 0.340 e. The maximum atomic E-state index is 12.1. The molecule has 2 aromatic rings. The van der Waals surface area contributed by atoms with E-state index in [0.29, 0.717) is 24.3 Å². The molecule has 1 N–H and O–H groups in total. The van der Waals surface area contributed by atoms with Crippen molar-refractivity contribution in [3.05, 3.63) is 65.7 Å². The molecule has 0 bridgehead atoms. The Hall–Kier alpha value is -2.62. The van der Waals surface area contributed by atoms with Crippen molar-refractivity contribution in [1.82, 2.24) is 0 Å². The van der Waals surface area contributed by atoms with Crippen molar-refractivity contribution in [1.29, 1.82) is 0 Å². The van der Waals surface area contributed by atoms with Gasteiger partial charge < -0.3 is 10.1 Å². The molecule has 0 atom stereocenters. The molecule has 2 aromatic carbocycles. The molecule has 0 unspecified atom stereocenters. The standard InChI is InChI=1S/C17H17NO3/c1-13(19)18-16-10-6-5-9-15(16)17(20)21-12-11-14-7-3-2-4-8-14/h2-10H,11-12H2,1H3,(H,18,19). The Bertz CT molecular complexity index is 623. The lowest BCUT2D eigenvalue weighted by atomic mass is 10.1. The van der Waals surface area contributed by atoms with Gasteiger partial charge in [-0.3, -0.25) is 4.79 Å². The topological polar surface area (TPSA) is 55.4 Å². The number of rotatable bonds is 5. The van der Waals surface area contributed by atoms with E-state index in [9.17, 15) is 9.59 Å². The van der Waals surface area contributed by atoms with Crippen LogP contribution < -0.4 is 5.32 Å². The van der Waals surface area contributed by atoms with Crippen LogP contribution in [0, 0.1) is 0 Å².